The molecule has 0 bridgehead atoms. The van der Waals surface area contributed by atoms with Crippen LogP contribution in [0.4, 0.5) is 0 Å². The van der Waals surface area contributed by atoms with Crippen molar-refractivity contribution in [2.24, 2.45) is 0 Å². The molecule has 0 aliphatic carbocycles. The third-order valence-electron chi connectivity index (χ3n) is 3.49. The Morgan fingerprint density at radius 1 is 1.48 bits per heavy atom. The molecule has 2 unspecified atom stereocenters. The van der Waals surface area contributed by atoms with Crippen molar-refractivity contribution < 1.29 is 14.7 Å². The molecule has 21 heavy (non-hydrogen) atoms. The molecule has 2 rings (SSSR count). The van der Waals surface area contributed by atoms with Gasteiger partial charge in [0.15, 0.2) is 5.12 Å². The molecule has 114 valence electrons. The van der Waals surface area contributed by atoms with Crippen LogP contribution >= 0.6 is 23.4 Å². The van der Waals surface area contributed by atoms with Gasteiger partial charge in [0.05, 0.1) is 6.04 Å². The second-order valence-electron chi connectivity index (χ2n) is 5.06. The molecule has 2 atom stereocenters. The molecular formula is C15H18ClNO3S. The molecule has 1 aromatic carbocycles. The van der Waals surface area contributed by atoms with Crippen molar-refractivity contribution >= 4 is 34.4 Å². The van der Waals surface area contributed by atoms with Crippen LogP contribution in [0, 0.1) is 0 Å². The molecule has 1 aromatic rings. The van der Waals surface area contributed by atoms with Crippen molar-refractivity contribution in [1.29, 1.82) is 0 Å². The van der Waals surface area contributed by atoms with Crippen LogP contribution in [-0.4, -0.2) is 39.4 Å². The number of carbonyl (C=O) groups is 2. The number of aliphatic hydroxyl groups excluding tert-OH is 1. The second kappa shape index (κ2) is 7.29. The molecule has 1 N–H and O–H groups in total. The first-order chi connectivity index (χ1) is 10.0. The number of hydrogen-bond acceptors (Lipinski definition) is 4. The maximum Gasteiger partial charge on any atom is 0.224 e. The van der Waals surface area contributed by atoms with Gasteiger partial charge >= 0.3 is 0 Å². The molecule has 1 aliphatic heterocycles. The number of hydrogen-bond donors (Lipinski definition) is 1. The fraction of sp³-hybridized carbons (Fsp3) is 0.467. The van der Waals surface area contributed by atoms with Gasteiger partial charge in [-0.15, -0.1) is 0 Å². The highest BCUT2D eigenvalue weighted by atomic mass is 35.5. The van der Waals surface area contributed by atoms with Gasteiger partial charge in [0.25, 0.3) is 0 Å². The van der Waals surface area contributed by atoms with E-state index in [0.29, 0.717) is 24.4 Å². The number of amides is 1. The first-order valence-electron chi connectivity index (χ1n) is 6.84. The minimum atomic E-state index is -0.169. The van der Waals surface area contributed by atoms with Gasteiger partial charge in [-0.25, -0.2) is 0 Å². The molecule has 4 nitrogen and oxygen atoms in total. The Labute approximate surface area is 133 Å². The number of nitrogens with zero attached hydrogens (tertiary/aromatic N) is 1. The maximum absolute atomic E-state index is 12.2. The van der Waals surface area contributed by atoms with Crippen molar-refractivity contribution in [2.45, 2.75) is 31.1 Å². The Kier molecular flexibility index (Phi) is 5.67. The van der Waals surface area contributed by atoms with E-state index >= 15 is 0 Å². The van der Waals surface area contributed by atoms with Crippen LogP contribution in [0.25, 0.3) is 0 Å². The van der Waals surface area contributed by atoms with Crippen LogP contribution in [-0.2, 0) is 9.59 Å². The van der Waals surface area contributed by atoms with Crippen LogP contribution in [0.5, 0.6) is 0 Å². The summed E-state index contributed by atoms with van der Waals surface area (Å²) in [5.74, 6) is 0.0298. The zero-order valence-electron chi connectivity index (χ0n) is 11.8. The quantitative estimate of drug-likeness (QED) is 0.903. The van der Waals surface area contributed by atoms with E-state index < -0.39 is 0 Å². The van der Waals surface area contributed by atoms with Gasteiger partial charge in [0.2, 0.25) is 5.91 Å². The van der Waals surface area contributed by atoms with Gasteiger partial charge in [0, 0.05) is 36.8 Å². The molecule has 1 saturated heterocycles. The van der Waals surface area contributed by atoms with Crippen molar-refractivity contribution in [1.82, 2.24) is 4.90 Å². The normalized spacial score (nSPS) is 19.9. The highest BCUT2D eigenvalue weighted by Crippen LogP contribution is 2.33. The summed E-state index contributed by atoms with van der Waals surface area (Å²) in [6.45, 7) is 2.06. The lowest BCUT2D eigenvalue weighted by atomic mass is 10.0. The summed E-state index contributed by atoms with van der Waals surface area (Å²) in [6, 6.07) is 7.15. The van der Waals surface area contributed by atoms with Gasteiger partial charge in [-0.3, -0.25) is 9.59 Å². The number of likely N-dealkylation sites (tertiary alicyclic amines) is 1. The summed E-state index contributed by atoms with van der Waals surface area (Å²) in [5, 5.41) is 9.96. The van der Waals surface area contributed by atoms with Gasteiger partial charge in [0.1, 0.15) is 0 Å². The van der Waals surface area contributed by atoms with Crippen LogP contribution in [0.1, 0.15) is 31.4 Å². The van der Waals surface area contributed by atoms with Crippen molar-refractivity contribution in [3.8, 4) is 0 Å². The molecular weight excluding hydrogens is 310 g/mol. The third kappa shape index (κ3) is 4.22. The number of rotatable bonds is 5. The summed E-state index contributed by atoms with van der Waals surface area (Å²) in [7, 11) is 0. The first-order valence-corrected chi connectivity index (χ1v) is 8.10. The van der Waals surface area contributed by atoms with E-state index in [-0.39, 0.29) is 28.9 Å². The van der Waals surface area contributed by atoms with Gasteiger partial charge in [-0.1, -0.05) is 35.5 Å². The molecule has 1 aliphatic rings. The Morgan fingerprint density at radius 2 is 2.14 bits per heavy atom. The first kappa shape index (κ1) is 16.3. The number of halogens is 1. The molecule has 1 fully saturated rings. The minimum Gasteiger partial charge on any atom is -0.396 e. The molecule has 0 spiro atoms. The lowest BCUT2D eigenvalue weighted by Crippen LogP contribution is -2.31. The zero-order valence-corrected chi connectivity index (χ0v) is 13.4. The maximum atomic E-state index is 12.2. The van der Waals surface area contributed by atoms with Crippen LogP contribution in [0.3, 0.4) is 0 Å². The minimum absolute atomic E-state index is 0.00158. The second-order valence-corrected chi connectivity index (χ2v) is 6.98. The molecule has 1 amide bonds. The largest absolute Gasteiger partial charge is 0.396 e. The Balaban J connectivity index is 2.16. The smallest absolute Gasteiger partial charge is 0.224 e. The predicted molar refractivity (Wildman–Crippen MR) is 84.3 cm³/mol. The van der Waals surface area contributed by atoms with Crippen molar-refractivity contribution in [3.63, 3.8) is 0 Å². The summed E-state index contributed by atoms with van der Waals surface area (Å²) >= 11 is 7.11. The summed E-state index contributed by atoms with van der Waals surface area (Å²) in [4.78, 5) is 25.2. The molecule has 1 heterocycles. The fourth-order valence-electron chi connectivity index (χ4n) is 2.62. The molecule has 0 saturated carbocycles. The number of carbonyl (C=O) groups excluding carboxylic acids is 2. The fourth-order valence-corrected chi connectivity index (χ4v) is 3.68. The van der Waals surface area contributed by atoms with Crippen molar-refractivity contribution in [3.05, 3.63) is 34.9 Å². The Hall–Kier alpha value is -1.04. The summed E-state index contributed by atoms with van der Waals surface area (Å²) in [5.41, 5.74) is 0.954. The number of benzene rings is 1. The highest BCUT2D eigenvalue weighted by molar-refractivity contribution is 8.14. The van der Waals surface area contributed by atoms with Gasteiger partial charge < -0.3 is 10.0 Å². The number of thioether (sulfide) groups is 1. The van der Waals surface area contributed by atoms with Crippen LogP contribution in [0.2, 0.25) is 5.02 Å². The van der Waals surface area contributed by atoms with E-state index in [0.717, 1.165) is 5.56 Å². The summed E-state index contributed by atoms with van der Waals surface area (Å²) in [6.07, 6.45) is 0.852. The topological polar surface area (TPSA) is 57.6 Å². The predicted octanol–water partition coefficient (Wildman–Crippen LogP) is 2.64. The van der Waals surface area contributed by atoms with E-state index in [9.17, 15) is 14.7 Å². The monoisotopic (exact) mass is 327 g/mol. The summed E-state index contributed by atoms with van der Waals surface area (Å²) < 4.78 is 0. The molecule has 6 heteroatoms. The van der Waals surface area contributed by atoms with E-state index in [1.807, 2.05) is 12.1 Å². The van der Waals surface area contributed by atoms with Gasteiger partial charge in [-0.2, -0.15) is 0 Å². The zero-order chi connectivity index (χ0) is 15.4. The standard InChI is InChI=1S/C15H18ClNO3S/c1-10(19)21-13-8-15(20)17(9-13)14(6-7-18)11-2-4-12(16)5-3-11/h2-5,13-14,18H,6-9H2,1H3. The SMILES string of the molecule is CC(=O)SC1CC(=O)N(C(CCO)c2ccc(Cl)cc2)C1. The van der Waals surface area contributed by atoms with E-state index in [1.54, 1.807) is 17.0 Å². The molecule has 0 radical (unpaired) electrons. The Bertz CT molecular complexity index is 520. The lowest BCUT2D eigenvalue weighted by molar-refractivity contribution is -0.130. The lowest BCUT2D eigenvalue weighted by Gasteiger charge is -2.28. The van der Waals surface area contributed by atoms with Crippen molar-refractivity contribution in [2.75, 3.05) is 13.2 Å². The van der Waals surface area contributed by atoms with E-state index in [2.05, 4.69) is 0 Å². The molecule has 0 aromatic heterocycles. The van der Waals surface area contributed by atoms with Gasteiger partial charge in [-0.05, 0) is 24.1 Å². The average Bonchev–Trinajstić information content (AvgIpc) is 2.77. The van der Waals surface area contributed by atoms with E-state index in [4.69, 9.17) is 11.6 Å². The average molecular weight is 328 g/mol. The van der Waals surface area contributed by atoms with Crippen LogP contribution in [0.15, 0.2) is 24.3 Å². The van der Waals surface area contributed by atoms with Crippen LogP contribution < -0.4 is 0 Å². The third-order valence-corrected chi connectivity index (χ3v) is 4.72. The Morgan fingerprint density at radius 3 is 2.71 bits per heavy atom. The number of aliphatic hydroxyl groups is 1. The highest BCUT2D eigenvalue weighted by Gasteiger charge is 2.35. The van der Waals surface area contributed by atoms with E-state index in [1.165, 1.54) is 18.7 Å².